The number of hydrogen-bond donors (Lipinski definition) is 1. The third-order valence-electron chi connectivity index (χ3n) is 2.66. The van der Waals surface area contributed by atoms with E-state index < -0.39 is 0 Å². The van der Waals surface area contributed by atoms with E-state index in [9.17, 15) is 0 Å². The molecule has 2 rings (SSSR count). The topological polar surface area (TPSA) is 21.3 Å². The summed E-state index contributed by atoms with van der Waals surface area (Å²) in [5, 5.41) is 3.86. The molecule has 0 unspecified atom stereocenters. The van der Waals surface area contributed by atoms with Crippen LogP contribution >= 0.6 is 11.6 Å². The average molecular weight is 262 g/mol. The minimum absolute atomic E-state index is 0.714. The van der Waals surface area contributed by atoms with Gasteiger partial charge in [0.15, 0.2) is 0 Å². The summed E-state index contributed by atoms with van der Waals surface area (Å²) in [6.07, 6.45) is 0.945. The quantitative estimate of drug-likeness (QED) is 0.882. The maximum absolute atomic E-state index is 5.88. The van der Waals surface area contributed by atoms with Gasteiger partial charge in [-0.3, -0.25) is 0 Å². The zero-order valence-electron chi connectivity index (χ0n) is 10.3. The van der Waals surface area contributed by atoms with Crippen LogP contribution in [0.2, 0.25) is 5.02 Å². The highest BCUT2D eigenvalue weighted by Gasteiger charge is 2.03. The Morgan fingerprint density at radius 1 is 1.06 bits per heavy atom. The minimum Gasteiger partial charge on any atom is -0.457 e. The van der Waals surface area contributed by atoms with Gasteiger partial charge in [0.05, 0.1) is 0 Å². The molecule has 0 saturated heterocycles. The van der Waals surface area contributed by atoms with Gasteiger partial charge in [-0.15, -0.1) is 0 Å². The van der Waals surface area contributed by atoms with Gasteiger partial charge in [0.2, 0.25) is 0 Å². The van der Waals surface area contributed by atoms with Crippen LogP contribution < -0.4 is 10.1 Å². The summed E-state index contributed by atoms with van der Waals surface area (Å²) in [5.74, 6) is 1.70. The normalized spacial score (nSPS) is 10.3. The van der Waals surface area contributed by atoms with E-state index in [0.717, 1.165) is 24.5 Å². The molecule has 0 aliphatic heterocycles. The highest BCUT2D eigenvalue weighted by molar-refractivity contribution is 6.30. The van der Waals surface area contributed by atoms with E-state index >= 15 is 0 Å². The van der Waals surface area contributed by atoms with Crippen molar-refractivity contribution in [2.45, 2.75) is 6.42 Å². The van der Waals surface area contributed by atoms with Gasteiger partial charge >= 0.3 is 0 Å². The largest absolute Gasteiger partial charge is 0.457 e. The lowest BCUT2D eigenvalue weighted by molar-refractivity contribution is 0.475. The molecule has 94 valence electrons. The van der Waals surface area contributed by atoms with Crippen LogP contribution in [0.5, 0.6) is 11.5 Å². The maximum atomic E-state index is 5.88. The van der Waals surface area contributed by atoms with Gasteiger partial charge in [0.1, 0.15) is 11.5 Å². The fraction of sp³-hybridized carbons (Fsp3) is 0.200. The molecule has 0 aliphatic carbocycles. The lowest BCUT2D eigenvalue weighted by Gasteiger charge is -2.11. The van der Waals surface area contributed by atoms with Crippen molar-refractivity contribution in [2.24, 2.45) is 0 Å². The first kappa shape index (κ1) is 12.9. The molecule has 3 heteroatoms. The third-order valence-corrected chi connectivity index (χ3v) is 2.91. The van der Waals surface area contributed by atoms with Gasteiger partial charge < -0.3 is 10.1 Å². The highest BCUT2D eigenvalue weighted by atomic mass is 35.5. The zero-order chi connectivity index (χ0) is 12.8. The Hall–Kier alpha value is -1.51. The van der Waals surface area contributed by atoms with E-state index in [1.807, 2.05) is 49.5 Å². The van der Waals surface area contributed by atoms with Crippen LogP contribution in [-0.2, 0) is 6.42 Å². The van der Waals surface area contributed by atoms with E-state index in [1.54, 1.807) is 0 Å². The summed E-state index contributed by atoms with van der Waals surface area (Å²) in [6.45, 7) is 0.932. The maximum Gasteiger partial charge on any atom is 0.130 e. The van der Waals surface area contributed by atoms with Crippen LogP contribution in [0.15, 0.2) is 48.5 Å². The molecule has 2 aromatic carbocycles. The molecule has 18 heavy (non-hydrogen) atoms. The monoisotopic (exact) mass is 261 g/mol. The number of ether oxygens (including phenoxy) is 1. The Morgan fingerprint density at radius 3 is 2.50 bits per heavy atom. The number of likely N-dealkylation sites (N-methyl/N-ethyl adjacent to an activating group) is 1. The van der Waals surface area contributed by atoms with Crippen molar-refractivity contribution in [1.29, 1.82) is 0 Å². The van der Waals surface area contributed by atoms with E-state index in [2.05, 4.69) is 11.4 Å². The van der Waals surface area contributed by atoms with Crippen LogP contribution in [0.25, 0.3) is 0 Å². The first-order chi connectivity index (χ1) is 8.79. The number of hydrogen-bond acceptors (Lipinski definition) is 2. The van der Waals surface area contributed by atoms with Gasteiger partial charge in [-0.05, 0) is 55.9 Å². The van der Waals surface area contributed by atoms with Crippen LogP contribution in [0, 0.1) is 0 Å². The van der Waals surface area contributed by atoms with Gasteiger partial charge in [-0.2, -0.15) is 0 Å². The lowest BCUT2D eigenvalue weighted by Crippen LogP contribution is -2.10. The molecule has 0 saturated carbocycles. The van der Waals surface area contributed by atoms with E-state index in [-0.39, 0.29) is 0 Å². The number of rotatable bonds is 5. The predicted octanol–water partition coefficient (Wildman–Crippen LogP) is 3.89. The lowest BCUT2D eigenvalue weighted by atomic mass is 10.1. The Labute approximate surface area is 113 Å². The fourth-order valence-corrected chi connectivity index (χ4v) is 1.83. The Balaban J connectivity index is 2.15. The van der Waals surface area contributed by atoms with E-state index in [1.165, 1.54) is 5.56 Å². The fourth-order valence-electron chi connectivity index (χ4n) is 1.70. The highest BCUT2D eigenvalue weighted by Crippen LogP contribution is 2.26. The molecule has 0 heterocycles. The van der Waals surface area contributed by atoms with Crippen molar-refractivity contribution >= 4 is 11.6 Å². The van der Waals surface area contributed by atoms with Gasteiger partial charge in [0.25, 0.3) is 0 Å². The second-order valence-electron chi connectivity index (χ2n) is 4.02. The third kappa shape index (κ3) is 3.49. The molecule has 0 amide bonds. The molecule has 2 nitrogen and oxygen atoms in total. The molecular weight excluding hydrogens is 246 g/mol. The molecule has 0 aliphatic rings. The number of halogens is 1. The summed E-state index contributed by atoms with van der Waals surface area (Å²) >= 11 is 5.85. The van der Waals surface area contributed by atoms with Crippen molar-refractivity contribution in [3.8, 4) is 11.5 Å². The Morgan fingerprint density at radius 2 is 1.78 bits per heavy atom. The van der Waals surface area contributed by atoms with E-state index in [0.29, 0.717) is 5.02 Å². The van der Waals surface area contributed by atoms with Crippen LogP contribution in [0.1, 0.15) is 5.56 Å². The summed E-state index contributed by atoms with van der Waals surface area (Å²) in [4.78, 5) is 0. The molecular formula is C15H16ClNO. The number of para-hydroxylation sites is 1. The van der Waals surface area contributed by atoms with Crippen LogP contribution in [-0.4, -0.2) is 13.6 Å². The SMILES string of the molecule is CNCCc1ccccc1Oc1ccc(Cl)cc1. The van der Waals surface area contributed by atoms with Crippen LogP contribution in [0.4, 0.5) is 0 Å². The summed E-state index contributed by atoms with van der Waals surface area (Å²) in [7, 11) is 1.95. The molecule has 0 atom stereocenters. The first-order valence-corrected chi connectivity index (χ1v) is 6.33. The zero-order valence-corrected chi connectivity index (χ0v) is 11.1. The second-order valence-corrected chi connectivity index (χ2v) is 4.45. The smallest absolute Gasteiger partial charge is 0.130 e. The predicted molar refractivity (Wildman–Crippen MR) is 75.6 cm³/mol. The van der Waals surface area contributed by atoms with Crippen molar-refractivity contribution in [3.05, 3.63) is 59.1 Å². The van der Waals surface area contributed by atoms with Crippen LogP contribution in [0.3, 0.4) is 0 Å². The Bertz CT molecular complexity index is 496. The molecule has 1 N–H and O–H groups in total. The molecule has 0 spiro atoms. The summed E-state index contributed by atoms with van der Waals surface area (Å²) in [5.41, 5.74) is 1.20. The van der Waals surface area contributed by atoms with Crippen molar-refractivity contribution in [3.63, 3.8) is 0 Å². The average Bonchev–Trinajstić information content (AvgIpc) is 2.40. The Kier molecular flexibility index (Phi) is 4.62. The second kappa shape index (κ2) is 6.43. The molecule has 0 fully saturated rings. The summed E-state index contributed by atoms with van der Waals surface area (Å²) < 4.78 is 5.88. The van der Waals surface area contributed by atoms with Gasteiger partial charge in [0, 0.05) is 5.02 Å². The molecule has 0 aromatic heterocycles. The van der Waals surface area contributed by atoms with Gasteiger partial charge in [-0.25, -0.2) is 0 Å². The standard InChI is InChI=1S/C15H16ClNO/c1-17-11-10-12-4-2-3-5-15(12)18-14-8-6-13(16)7-9-14/h2-9,17H,10-11H2,1H3. The van der Waals surface area contributed by atoms with E-state index in [4.69, 9.17) is 16.3 Å². The number of nitrogens with one attached hydrogen (secondary N) is 1. The molecule has 0 radical (unpaired) electrons. The molecule has 2 aromatic rings. The van der Waals surface area contributed by atoms with Crippen molar-refractivity contribution in [1.82, 2.24) is 5.32 Å². The van der Waals surface area contributed by atoms with Crippen molar-refractivity contribution < 1.29 is 4.74 Å². The summed E-state index contributed by atoms with van der Waals surface area (Å²) in [6, 6.07) is 15.5. The van der Waals surface area contributed by atoms with Crippen molar-refractivity contribution in [2.75, 3.05) is 13.6 Å². The first-order valence-electron chi connectivity index (χ1n) is 5.95. The number of benzene rings is 2. The van der Waals surface area contributed by atoms with Gasteiger partial charge in [-0.1, -0.05) is 29.8 Å². The minimum atomic E-state index is 0.714. The molecule has 0 bridgehead atoms.